The summed E-state index contributed by atoms with van der Waals surface area (Å²) >= 11 is 0. The second-order valence-electron chi connectivity index (χ2n) is 6.75. The highest BCUT2D eigenvalue weighted by Gasteiger charge is 2.25. The number of benzene rings is 1. The van der Waals surface area contributed by atoms with Crippen LogP contribution in [0.3, 0.4) is 0 Å². The van der Waals surface area contributed by atoms with E-state index >= 15 is 0 Å². The maximum atomic E-state index is 12.8. The Morgan fingerprint density at radius 2 is 2.00 bits per heavy atom. The minimum atomic E-state index is -0.531. The number of pyridine rings is 1. The zero-order valence-electron chi connectivity index (χ0n) is 14.8. The van der Waals surface area contributed by atoms with Crippen LogP contribution in [-0.4, -0.2) is 28.4 Å². The summed E-state index contributed by atoms with van der Waals surface area (Å²) in [5.74, 6) is -0.108. The van der Waals surface area contributed by atoms with Crippen molar-refractivity contribution in [1.82, 2.24) is 10.3 Å². The Labute approximate surface area is 162 Å². The molecule has 1 aromatic carbocycles. The Morgan fingerprint density at radius 1 is 1.30 bits per heavy atom. The molecule has 9 heteroatoms. The number of carbonyl (C=O) groups is 1. The summed E-state index contributed by atoms with van der Waals surface area (Å²) in [6.07, 6.45) is 5.48. The van der Waals surface area contributed by atoms with Gasteiger partial charge in [0.2, 0.25) is 5.56 Å². The number of H-pyrrole nitrogens is 1. The standard InChI is InChI=1S/C18H22N4O4.ClH/c19-10-16(11-4-2-1-3-5-11)21-18(24)14-9-17(23)20-15-7-6-12(22(25)26)8-13(14)15;/h6-9,11,16H,1-5,10,19H2,(H,20,23)(H,21,24);1H. The first-order valence-electron chi connectivity index (χ1n) is 8.82. The van der Waals surface area contributed by atoms with Gasteiger partial charge in [-0.05, 0) is 24.8 Å². The van der Waals surface area contributed by atoms with E-state index < -0.39 is 16.4 Å². The van der Waals surface area contributed by atoms with Crippen molar-refractivity contribution >= 4 is 34.9 Å². The molecular weight excluding hydrogens is 372 g/mol. The summed E-state index contributed by atoms with van der Waals surface area (Å²) in [5, 5.41) is 14.3. The van der Waals surface area contributed by atoms with Crippen LogP contribution in [-0.2, 0) is 0 Å². The van der Waals surface area contributed by atoms with E-state index in [0.717, 1.165) is 25.7 Å². The predicted molar refractivity (Wildman–Crippen MR) is 105 cm³/mol. The summed E-state index contributed by atoms with van der Waals surface area (Å²) in [7, 11) is 0. The average molecular weight is 395 g/mol. The largest absolute Gasteiger partial charge is 0.348 e. The fourth-order valence-electron chi connectivity index (χ4n) is 3.70. The van der Waals surface area contributed by atoms with Crippen LogP contribution in [0.25, 0.3) is 10.9 Å². The van der Waals surface area contributed by atoms with Crippen molar-refractivity contribution in [2.75, 3.05) is 6.54 Å². The van der Waals surface area contributed by atoms with Gasteiger partial charge in [0.15, 0.2) is 0 Å². The number of carbonyl (C=O) groups excluding carboxylic acids is 1. The molecular formula is C18H23ClN4O4. The number of hydrogen-bond donors (Lipinski definition) is 3. The molecule has 1 aromatic heterocycles. The van der Waals surface area contributed by atoms with Crippen LogP contribution in [0, 0.1) is 16.0 Å². The van der Waals surface area contributed by atoms with Gasteiger partial charge in [0.25, 0.3) is 11.6 Å². The maximum absolute atomic E-state index is 12.8. The van der Waals surface area contributed by atoms with Crippen LogP contribution in [0.4, 0.5) is 5.69 Å². The molecule has 0 saturated heterocycles. The zero-order valence-corrected chi connectivity index (χ0v) is 15.6. The number of aromatic amines is 1. The lowest BCUT2D eigenvalue weighted by molar-refractivity contribution is -0.384. The first kappa shape index (κ1) is 20.9. The number of halogens is 1. The molecule has 27 heavy (non-hydrogen) atoms. The van der Waals surface area contributed by atoms with Gasteiger partial charge >= 0.3 is 0 Å². The molecule has 4 N–H and O–H groups in total. The lowest BCUT2D eigenvalue weighted by atomic mass is 9.84. The fourth-order valence-corrected chi connectivity index (χ4v) is 3.70. The van der Waals surface area contributed by atoms with E-state index in [1.807, 2.05) is 0 Å². The minimum absolute atomic E-state index is 0. The van der Waals surface area contributed by atoms with Crippen molar-refractivity contribution in [3.63, 3.8) is 0 Å². The van der Waals surface area contributed by atoms with Crippen LogP contribution < -0.4 is 16.6 Å². The number of nitro benzene ring substituents is 1. The van der Waals surface area contributed by atoms with Gasteiger partial charge in [0.05, 0.1) is 10.5 Å². The van der Waals surface area contributed by atoms with E-state index in [0.29, 0.717) is 23.4 Å². The summed E-state index contributed by atoms with van der Waals surface area (Å²) in [4.78, 5) is 37.8. The maximum Gasteiger partial charge on any atom is 0.270 e. The van der Waals surface area contributed by atoms with E-state index in [2.05, 4.69) is 10.3 Å². The van der Waals surface area contributed by atoms with Gasteiger partial charge in [-0.15, -0.1) is 12.4 Å². The summed E-state index contributed by atoms with van der Waals surface area (Å²) < 4.78 is 0. The van der Waals surface area contributed by atoms with Crippen LogP contribution in [0.1, 0.15) is 42.5 Å². The number of nitrogens with two attached hydrogens (primary N) is 1. The molecule has 0 spiro atoms. The molecule has 0 bridgehead atoms. The lowest BCUT2D eigenvalue weighted by Crippen LogP contribution is -2.46. The van der Waals surface area contributed by atoms with Crippen molar-refractivity contribution in [2.24, 2.45) is 11.7 Å². The average Bonchev–Trinajstić information content (AvgIpc) is 2.65. The van der Waals surface area contributed by atoms with Crippen molar-refractivity contribution in [3.8, 4) is 0 Å². The molecule has 1 atom stereocenters. The Morgan fingerprint density at radius 3 is 2.63 bits per heavy atom. The minimum Gasteiger partial charge on any atom is -0.348 e. The molecule has 8 nitrogen and oxygen atoms in total. The quantitative estimate of drug-likeness (QED) is 0.529. The highest BCUT2D eigenvalue weighted by molar-refractivity contribution is 6.06. The van der Waals surface area contributed by atoms with Crippen molar-refractivity contribution in [3.05, 3.63) is 50.3 Å². The fraction of sp³-hybridized carbons (Fsp3) is 0.444. The van der Waals surface area contributed by atoms with Gasteiger partial charge in [0.1, 0.15) is 0 Å². The molecule has 1 aliphatic carbocycles. The molecule has 1 fully saturated rings. The van der Waals surface area contributed by atoms with Crippen LogP contribution in [0.2, 0.25) is 0 Å². The van der Waals surface area contributed by atoms with Crippen LogP contribution in [0.15, 0.2) is 29.1 Å². The highest BCUT2D eigenvalue weighted by Crippen LogP contribution is 2.27. The summed E-state index contributed by atoms with van der Waals surface area (Å²) in [6, 6.07) is 5.04. The van der Waals surface area contributed by atoms with E-state index in [4.69, 9.17) is 5.73 Å². The number of rotatable bonds is 5. The Hall–Kier alpha value is -2.45. The number of nitro groups is 1. The van der Waals surface area contributed by atoms with Gasteiger partial charge in [0, 0.05) is 41.7 Å². The number of aromatic nitrogens is 1. The number of nitrogens with one attached hydrogen (secondary N) is 2. The molecule has 146 valence electrons. The Bertz CT molecular complexity index is 893. The number of nitrogens with zero attached hydrogens (tertiary/aromatic N) is 1. The third-order valence-corrected chi connectivity index (χ3v) is 5.07. The molecule has 1 saturated carbocycles. The van der Waals surface area contributed by atoms with Gasteiger partial charge in [-0.25, -0.2) is 0 Å². The lowest BCUT2D eigenvalue weighted by Gasteiger charge is -2.30. The smallest absolute Gasteiger partial charge is 0.270 e. The molecule has 1 unspecified atom stereocenters. The van der Waals surface area contributed by atoms with Crippen LogP contribution in [0.5, 0.6) is 0 Å². The topological polar surface area (TPSA) is 131 Å². The molecule has 0 aliphatic heterocycles. The summed E-state index contributed by atoms with van der Waals surface area (Å²) in [6.45, 7) is 0.317. The summed E-state index contributed by atoms with van der Waals surface area (Å²) in [5.41, 5.74) is 5.81. The predicted octanol–water partition coefficient (Wildman–Crippen LogP) is 2.50. The number of non-ortho nitro benzene ring substituents is 1. The molecule has 1 aliphatic rings. The van der Waals surface area contributed by atoms with Crippen molar-refractivity contribution < 1.29 is 9.72 Å². The number of amides is 1. The second kappa shape index (κ2) is 8.96. The van der Waals surface area contributed by atoms with Gasteiger partial charge in [-0.1, -0.05) is 19.3 Å². The number of hydrogen-bond acceptors (Lipinski definition) is 5. The molecule has 1 amide bonds. The third-order valence-electron chi connectivity index (χ3n) is 5.07. The van der Waals surface area contributed by atoms with Gasteiger partial charge < -0.3 is 16.0 Å². The molecule has 1 heterocycles. The second-order valence-corrected chi connectivity index (χ2v) is 6.75. The van der Waals surface area contributed by atoms with Crippen molar-refractivity contribution in [1.29, 1.82) is 0 Å². The Kier molecular flexibility index (Phi) is 6.92. The van der Waals surface area contributed by atoms with E-state index in [9.17, 15) is 19.7 Å². The molecule has 2 aromatic rings. The van der Waals surface area contributed by atoms with Crippen LogP contribution >= 0.6 is 12.4 Å². The monoisotopic (exact) mass is 394 g/mol. The first-order chi connectivity index (χ1) is 12.5. The molecule has 3 rings (SSSR count). The zero-order chi connectivity index (χ0) is 18.7. The normalized spacial score (nSPS) is 15.7. The SMILES string of the molecule is Cl.NCC(NC(=O)c1cc(=O)[nH]c2ccc([N+](=O)[O-])cc12)C1CCCCC1. The van der Waals surface area contributed by atoms with E-state index in [1.165, 1.54) is 30.7 Å². The van der Waals surface area contributed by atoms with Crippen molar-refractivity contribution in [2.45, 2.75) is 38.1 Å². The Balaban J connectivity index is 0.00000261. The third kappa shape index (κ3) is 4.64. The molecule has 0 radical (unpaired) electrons. The highest BCUT2D eigenvalue weighted by atomic mass is 35.5. The van der Waals surface area contributed by atoms with Gasteiger partial charge in [-0.3, -0.25) is 19.7 Å². The first-order valence-corrected chi connectivity index (χ1v) is 8.82. The van der Waals surface area contributed by atoms with E-state index in [1.54, 1.807) is 0 Å². The number of fused-ring (bicyclic) bond motifs is 1. The van der Waals surface area contributed by atoms with Gasteiger partial charge in [-0.2, -0.15) is 0 Å². The van der Waals surface area contributed by atoms with E-state index in [-0.39, 0.29) is 29.7 Å².